The van der Waals surface area contributed by atoms with E-state index in [1.807, 2.05) is 0 Å². The molecule has 7 nitrogen and oxygen atoms in total. The predicted octanol–water partition coefficient (Wildman–Crippen LogP) is 19.6. The van der Waals surface area contributed by atoms with Crippen molar-refractivity contribution in [2.24, 2.45) is 0 Å². The number of anilines is 15. The number of nitrogens with zero attached hydrogens (tertiary/aromatic N) is 7. The summed E-state index contributed by atoms with van der Waals surface area (Å²) in [4.78, 5) is 19.9. The van der Waals surface area contributed by atoms with Gasteiger partial charge in [-0.05, 0) is 102 Å². The Balaban J connectivity index is 1.21. The molecule has 11 aromatic carbocycles. The second-order valence-corrected chi connectivity index (χ2v) is 21.1. The molecule has 0 bridgehead atoms. The van der Waals surface area contributed by atoms with E-state index in [-0.39, 0.29) is 0 Å². The maximum absolute atomic E-state index is 5.18. The van der Waals surface area contributed by atoms with Crippen molar-refractivity contribution in [3.05, 3.63) is 255 Å². The molecule has 4 heterocycles. The smallest absolute Gasteiger partial charge is 0.124 e. The molecule has 0 aliphatic carbocycles. The van der Waals surface area contributed by atoms with Crippen LogP contribution in [0.2, 0.25) is 0 Å². The molecular formula is C70H51N7S. The third-order valence-electron chi connectivity index (χ3n) is 15.8. The molecule has 0 spiro atoms. The first-order valence-electron chi connectivity index (χ1n) is 26.5. The number of benzene rings is 11. The average molecular weight is 1020 g/mol. The first kappa shape index (κ1) is 45.5. The molecule has 0 unspecified atom stereocenters. The third kappa shape index (κ3) is 6.93. The summed E-state index contributed by atoms with van der Waals surface area (Å²) < 4.78 is 1.17. The fraction of sp³-hybridized carbons (Fsp3) is 0.0429. The number of fused-ring (bicyclic) bond motifs is 7. The zero-order valence-electron chi connectivity index (χ0n) is 43.3. The van der Waals surface area contributed by atoms with Crippen molar-refractivity contribution in [2.75, 3.05) is 50.5 Å². The predicted molar refractivity (Wildman–Crippen MR) is 330 cm³/mol. The Hall–Kier alpha value is -9.89. The van der Waals surface area contributed by atoms with Crippen LogP contribution in [0.4, 0.5) is 85.3 Å². The Kier molecular flexibility index (Phi) is 10.6. The molecule has 372 valence electrons. The fourth-order valence-corrected chi connectivity index (χ4v) is 13.3. The average Bonchev–Trinajstić information content (AvgIpc) is 3.97. The van der Waals surface area contributed by atoms with Crippen molar-refractivity contribution in [2.45, 2.75) is 0 Å². The van der Waals surface area contributed by atoms with Gasteiger partial charge in [0.05, 0.1) is 95.5 Å². The van der Waals surface area contributed by atoms with E-state index in [9.17, 15) is 0 Å². The topological polar surface area (TPSA) is 32.3 Å². The van der Waals surface area contributed by atoms with Crippen LogP contribution < -0.4 is 29.4 Å². The van der Waals surface area contributed by atoms with Crippen LogP contribution in [-0.2, 0) is 0 Å². The van der Waals surface area contributed by atoms with E-state index < -0.39 is 0 Å². The first-order valence-corrected chi connectivity index (χ1v) is 27.3. The lowest BCUT2D eigenvalue weighted by atomic mass is 9.83. The van der Waals surface area contributed by atoms with Gasteiger partial charge in [-0.15, -0.1) is 11.3 Å². The van der Waals surface area contributed by atoms with Gasteiger partial charge in [0.25, 0.3) is 0 Å². The van der Waals surface area contributed by atoms with Crippen molar-refractivity contribution in [1.82, 2.24) is 4.98 Å². The highest BCUT2D eigenvalue weighted by atomic mass is 32.1. The van der Waals surface area contributed by atoms with Gasteiger partial charge in [-0.3, -0.25) is 0 Å². The van der Waals surface area contributed by atoms with Crippen LogP contribution in [0.3, 0.4) is 0 Å². The maximum Gasteiger partial charge on any atom is 0.124 e. The first-order chi connectivity index (χ1) is 38.5. The molecule has 78 heavy (non-hydrogen) atoms. The lowest BCUT2D eigenvalue weighted by Gasteiger charge is -2.46. The van der Waals surface area contributed by atoms with Gasteiger partial charge in [0.2, 0.25) is 0 Å². The van der Waals surface area contributed by atoms with Gasteiger partial charge in [-0.2, -0.15) is 0 Å². The van der Waals surface area contributed by atoms with Gasteiger partial charge in [0.1, 0.15) is 5.01 Å². The van der Waals surface area contributed by atoms with E-state index in [0.717, 1.165) is 135 Å². The van der Waals surface area contributed by atoms with Gasteiger partial charge in [0.15, 0.2) is 0 Å². The number of hydrogen-bond acceptors (Lipinski definition) is 8. The second-order valence-electron chi connectivity index (χ2n) is 20.1. The SMILES string of the molecule is CN1c2ccccc2N(c2c(-c3ccccc3)c(N3c4ccccc4N(C)c4ccccc43)c(-c3ccc(-c4nc5ccccc5s4)cc3)c(N3c4ccccc4N(C)c4ccccc43)c2-c2ccccc2)c2ccccc21. The zero-order chi connectivity index (χ0) is 52.0. The van der Waals surface area contributed by atoms with E-state index in [2.05, 4.69) is 305 Å². The molecule has 0 amide bonds. The highest BCUT2D eigenvalue weighted by molar-refractivity contribution is 7.21. The lowest BCUT2D eigenvalue weighted by Crippen LogP contribution is -2.29. The highest BCUT2D eigenvalue weighted by Crippen LogP contribution is 2.67. The summed E-state index contributed by atoms with van der Waals surface area (Å²) in [7, 11) is 6.58. The molecule has 12 aromatic rings. The Labute approximate surface area is 458 Å². The molecule has 0 fully saturated rings. The standard InChI is InChI=1S/C70H51N7S/c1-72-51-29-11-17-35-57(51)75(58-36-18-12-30-52(58)72)67-64(46-24-6-4-7-25-46)68(76-59-37-19-13-31-53(59)73(2)54-32-14-20-38-60(54)76)66(48-42-44-49(45-43-48)70-71-50-28-10-23-41-63(50)78-70)69(65(67)47-26-8-5-9-27-47)77-61-39-21-15-33-55(61)74(3)56-34-16-22-40-62(56)77/h4-45H,1-3H3. The molecule has 0 N–H and O–H groups in total. The fourth-order valence-electron chi connectivity index (χ4n) is 12.3. The van der Waals surface area contributed by atoms with E-state index in [1.54, 1.807) is 11.3 Å². The molecule has 3 aliphatic rings. The van der Waals surface area contributed by atoms with Crippen LogP contribution in [0.15, 0.2) is 255 Å². The summed E-state index contributed by atoms with van der Waals surface area (Å²) >= 11 is 1.73. The van der Waals surface area contributed by atoms with Crippen molar-refractivity contribution in [3.63, 3.8) is 0 Å². The Morgan fingerprint density at radius 1 is 0.256 bits per heavy atom. The van der Waals surface area contributed by atoms with Gasteiger partial charge in [0, 0.05) is 43.4 Å². The summed E-state index contributed by atoms with van der Waals surface area (Å²) in [6.45, 7) is 0. The van der Waals surface area contributed by atoms with Crippen molar-refractivity contribution >= 4 is 107 Å². The Morgan fingerprint density at radius 3 is 0.833 bits per heavy atom. The number of aromatic nitrogens is 1. The molecule has 15 rings (SSSR count). The van der Waals surface area contributed by atoms with Crippen LogP contribution in [0.25, 0.3) is 54.2 Å². The van der Waals surface area contributed by atoms with Gasteiger partial charge in [-0.25, -0.2) is 4.98 Å². The minimum absolute atomic E-state index is 0.990. The van der Waals surface area contributed by atoms with Crippen molar-refractivity contribution < 1.29 is 0 Å². The summed E-state index contributed by atoms with van der Waals surface area (Å²) in [6, 6.07) is 93.3. The highest BCUT2D eigenvalue weighted by Gasteiger charge is 2.42. The van der Waals surface area contributed by atoms with Crippen LogP contribution in [0.1, 0.15) is 0 Å². The Bertz CT molecular complexity index is 3960. The third-order valence-corrected chi connectivity index (χ3v) is 16.9. The molecule has 3 aliphatic heterocycles. The molecule has 8 heteroatoms. The Morgan fingerprint density at radius 2 is 0.513 bits per heavy atom. The second kappa shape index (κ2) is 18.2. The van der Waals surface area contributed by atoms with E-state index in [1.165, 1.54) is 4.70 Å². The van der Waals surface area contributed by atoms with Crippen molar-refractivity contribution in [3.8, 4) is 44.0 Å². The number of rotatable bonds is 7. The quantitative estimate of drug-likeness (QED) is 0.157. The molecule has 0 radical (unpaired) electrons. The minimum Gasteiger partial charge on any atom is -0.341 e. The molecule has 0 atom stereocenters. The summed E-state index contributed by atoms with van der Waals surface area (Å²) in [5.41, 5.74) is 24.8. The van der Waals surface area contributed by atoms with E-state index >= 15 is 0 Å². The maximum atomic E-state index is 5.18. The largest absolute Gasteiger partial charge is 0.341 e. The van der Waals surface area contributed by atoms with Crippen LogP contribution in [0, 0.1) is 0 Å². The normalized spacial score (nSPS) is 13.2. The van der Waals surface area contributed by atoms with Gasteiger partial charge in [-0.1, -0.05) is 170 Å². The van der Waals surface area contributed by atoms with Gasteiger partial charge < -0.3 is 29.4 Å². The van der Waals surface area contributed by atoms with Gasteiger partial charge >= 0.3 is 0 Å². The number of thiazole rings is 1. The molecule has 1 aromatic heterocycles. The monoisotopic (exact) mass is 1020 g/mol. The number of para-hydroxylation sites is 13. The van der Waals surface area contributed by atoms with Crippen molar-refractivity contribution in [1.29, 1.82) is 0 Å². The molecule has 0 saturated heterocycles. The molecule has 0 saturated carbocycles. The summed E-state index contributed by atoms with van der Waals surface area (Å²) in [6.07, 6.45) is 0. The van der Waals surface area contributed by atoms with Crippen LogP contribution in [0.5, 0.6) is 0 Å². The summed E-state index contributed by atoms with van der Waals surface area (Å²) in [5.74, 6) is 0. The van der Waals surface area contributed by atoms with E-state index in [4.69, 9.17) is 4.98 Å². The lowest BCUT2D eigenvalue weighted by molar-refractivity contribution is 1.11. The van der Waals surface area contributed by atoms with Crippen LogP contribution >= 0.6 is 11.3 Å². The minimum atomic E-state index is 0.990. The van der Waals surface area contributed by atoms with E-state index in [0.29, 0.717) is 0 Å². The zero-order valence-corrected chi connectivity index (χ0v) is 44.1. The molecular weight excluding hydrogens is 971 g/mol. The summed E-state index contributed by atoms with van der Waals surface area (Å²) in [5, 5.41) is 0.990. The number of hydrogen-bond donors (Lipinski definition) is 0. The van der Waals surface area contributed by atoms with Crippen LogP contribution in [-0.4, -0.2) is 26.1 Å².